The van der Waals surface area contributed by atoms with Gasteiger partial charge >= 0.3 is 0 Å². The summed E-state index contributed by atoms with van der Waals surface area (Å²) in [6.07, 6.45) is 3.77. The maximum atomic E-state index is 10.3. The summed E-state index contributed by atoms with van der Waals surface area (Å²) in [5, 5.41) is 0. The van der Waals surface area contributed by atoms with Crippen LogP contribution in [0.15, 0.2) is 0 Å². The van der Waals surface area contributed by atoms with Crippen LogP contribution in [0, 0.1) is 5.92 Å². The van der Waals surface area contributed by atoms with Crippen LogP contribution in [0.3, 0.4) is 0 Å². The molecule has 1 fully saturated rings. The van der Waals surface area contributed by atoms with E-state index < -0.39 is 0 Å². The predicted molar refractivity (Wildman–Crippen MR) is 41.3 cm³/mol. The van der Waals surface area contributed by atoms with Gasteiger partial charge in [0.05, 0.1) is 6.54 Å². The summed E-state index contributed by atoms with van der Waals surface area (Å²) < 4.78 is 0. The van der Waals surface area contributed by atoms with Gasteiger partial charge in [-0.3, -0.25) is 4.90 Å². The molecule has 0 radical (unpaired) electrons. The van der Waals surface area contributed by atoms with Gasteiger partial charge in [0.25, 0.3) is 0 Å². The topological polar surface area (TPSA) is 37.4 Å². The van der Waals surface area contributed by atoms with Crippen LogP contribution in [0.2, 0.25) is 0 Å². The van der Waals surface area contributed by atoms with Crippen LogP contribution < -0.4 is 0 Å². The highest BCUT2D eigenvalue weighted by atomic mass is 16.1. The summed E-state index contributed by atoms with van der Waals surface area (Å²) in [4.78, 5) is 22.5. The number of hydrogen-bond acceptors (Lipinski definition) is 3. The Balaban J connectivity index is 2.23. The lowest BCUT2D eigenvalue weighted by Gasteiger charge is -2.27. The molecule has 0 saturated carbocycles. The van der Waals surface area contributed by atoms with E-state index in [2.05, 4.69) is 4.90 Å². The third-order valence-electron chi connectivity index (χ3n) is 2.16. The highest BCUT2D eigenvalue weighted by Crippen LogP contribution is 2.13. The van der Waals surface area contributed by atoms with Crippen molar-refractivity contribution in [1.29, 1.82) is 0 Å². The number of likely N-dealkylation sites (tertiary alicyclic amines) is 1. The lowest BCUT2D eigenvalue weighted by Crippen LogP contribution is -2.35. The van der Waals surface area contributed by atoms with Gasteiger partial charge < -0.3 is 9.59 Å². The van der Waals surface area contributed by atoms with Crippen molar-refractivity contribution in [1.82, 2.24) is 4.90 Å². The Morgan fingerprint density at radius 3 is 2.36 bits per heavy atom. The molecule has 62 valence electrons. The summed E-state index contributed by atoms with van der Waals surface area (Å²) in [7, 11) is 0. The zero-order chi connectivity index (χ0) is 8.10. The monoisotopic (exact) mass is 155 g/mol. The predicted octanol–water partition coefficient (Wildman–Crippen LogP) is 0.0962. The summed E-state index contributed by atoms with van der Waals surface area (Å²) in [5.74, 6) is 0.234. The first-order valence-electron chi connectivity index (χ1n) is 3.98. The van der Waals surface area contributed by atoms with Crippen molar-refractivity contribution in [3.8, 4) is 0 Å². The molecule has 0 aromatic carbocycles. The Bertz CT molecular complexity index is 139. The van der Waals surface area contributed by atoms with Crippen LogP contribution in [0.1, 0.15) is 12.8 Å². The molecule has 1 aliphatic heterocycles. The molecule has 3 nitrogen and oxygen atoms in total. The van der Waals surface area contributed by atoms with Crippen molar-refractivity contribution in [2.24, 2.45) is 5.92 Å². The Morgan fingerprint density at radius 2 is 1.91 bits per heavy atom. The second kappa shape index (κ2) is 4.23. The first-order chi connectivity index (χ1) is 5.36. The van der Waals surface area contributed by atoms with E-state index in [9.17, 15) is 9.59 Å². The van der Waals surface area contributed by atoms with Crippen molar-refractivity contribution in [2.75, 3.05) is 19.6 Å². The number of rotatable bonds is 3. The second-order valence-corrected chi connectivity index (χ2v) is 2.94. The quantitative estimate of drug-likeness (QED) is 0.542. The van der Waals surface area contributed by atoms with E-state index in [1.54, 1.807) is 0 Å². The molecule has 3 heteroatoms. The Hall–Kier alpha value is -0.700. The second-order valence-electron chi connectivity index (χ2n) is 2.94. The standard InChI is InChI=1S/C8H13NO2/c10-6-5-9-3-1-8(7-11)2-4-9/h6-8H,1-5H2. The molecule has 1 heterocycles. The Labute approximate surface area is 66.4 Å². The van der Waals surface area contributed by atoms with E-state index in [1.807, 2.05) is 0 Å². The Kier molecular flexibility index (Phi) is 3.23. The molecule has 0 aromatic heterocycles. The maximum absolute atomic E-state index is 10.3. The third kappa shape index (κ3) is 2.42. The van der Waals surface area contributed by atoms with Gasteiger partial charge in [0.15, 0.2) is 0 Å². The molecule has 0 amide bonds. The third-order valence-corrected chi connectivity index (χ3v) is 2.16. The van der Waals surface area contributed by atoms with Gasteiger partial charge in [0.1, 0.15) is 12.6 Å². The van der Waals surface area contributed by atoms with Gasteiger partial charge in [-0.2, -0.15) is 0 Å². The van der Waals surface area contributed by atoms with E-state index in [0.29, 0.717) is 6.54 Å². The van der Waals surface area contributed by atoms with Crippen LogP contribution in [-0.2, 0) is 9.59 Å². The van der Waals surface area contributed by atoms with E-state index in [4.69, 9.17) is 0 Å². The van der Waals surface area contributed by atoms with E-state index in [-0.39, 0.29) is 5.92 Å². The number of carbonyl (C=O) groups excluding carboxylic acids is 2. The summed E-state index contributed by atoms with van der Waals surface area (Å²) >= 11 is 0. The first kappa shape index (κ1) is 8.40. The van der Waals surface area contributed by atoms with Gasteiger partial charge in [-0.15, -0.1) is 0 Å². The van der Waals surface area contributed by atoms with Gasteiger partial charge in [0, 0.05) is 5.92 Å². The SMILES string of the molecule is O=CCN1CCC(C=O)CC1. The van der Waals surface area contributed by atoms with E-state index >= 15 is 0 Å². The van der Waals surface area contributed by atoms with Crippen LogP contribution >= 0.6 is 0 Å². The fourth-order valence-corrected chi connectivity index (χ4v) is 1.38. The fraction of sp³-hybridized carbons (Fsp3) is 0.750. The van der Waals surface area contributed by atoms with Crippen molar-refractivity contribution in [2.45, 2.75) is 12.8 Å². The van der Waals surface area contributed by atoms with Gasteiger partial charge in [0.2, 0.25) is 0 Å². The van der Waals surface area contributed by atoms with Crippen molar-refractivity contribution in [3.63, 3.8) is 0 Å². The lowest BCUT2D eigenvalue weighted by molar-refractivity contribution is -0.112. The molecule has 1 aliphatic rings. The van der Waals surface area contributed by atoms with Gasteiger partial charge in [-0.05, 0) is 25.9 Å². The number of aldehydes is 2. The molecule has 0 atom stereocenters. The smallest absolute Gasteiger partial charge is 0.133 e. The normalized spacial score (nSPS) is 21.5. The molecular weight excluding hydrogens is 142 g/mol. The lowest BCUT2D eigenvalue weighted by atomic mass is 9.99. The average molecular weight is 155 g/mol. The average Bonchev–Trinajstić information content (AvgIpc) is 2.07. The molecule has 1 saturated heterocycles. The molecule has 0 aromatic rings. The molecule has 0 unspecified atom stereocenters. The minimum atomic E-state index is 0.234. The minimum Gasteiger partial charge on any atom is -0.303 e. The van der Waals surface area contributed by atoms with Crippen molar-refractivity contribution < 1.29 is 9.59 Å². The summed E-state index contributed by atoms with van der Waals surface area (Å²) in [6.45, 7) is 2.30. The van der Waals surface area contributed by atoms with Gasteiger partial charge in [-0.1, -0.05) is 0 Å². The number of carbonyl (C=O) groups is 2. The highest BCUT2D eigenvalue weighted by Gasteiger charge is 2.17. The molecular formula is C8H13NO2. The number of nitrogens with zero attached hydrogens (tertiary/aromatic N) is 1. The molecule has 0 bridgehead atoms. The summed E-state index contributed by atoms with van der Waals surface area (Å²) in [5.41, 5.74) is 0. The largest absolute Gasteiger partial charge is 0.303 e. The van der Waals surface area contributed by atoms with Crippen LogP contribution in [0.5, 0.6) is 0 Å². The maximum Gasteiger partial charge on any atom is 0.133 e. The van der Waals surface area contributed by atoms with Crippen molar-refractivity contribution >= 4 is 12.6 Å². The summed E-state index contributed by atoms with van der Waals surface area (Å²) in [6, 6.07) is 0. The van der Waals surface area contributed by atoms with Crippen LogP contribution in [0.25, 0.3) is 0 Å². The molecule has 1 rings (SSSR count). The molecule has 0 aliphatic carbocycles. The molecule has 0 N–H and O–H groups in total. The molecule has 11 heavy (non-hydrogen) atoms. The van der Waals surface area contributed by atoms with Crippen molar-refractivity contribution in [3.05, 3.63) is 0 Å². The first-order valence-corrected chi connectivity index (χ1v) is 3.98. The zero-order valence-electron chi connectivity index (χ0n) is 6.53. The minimum absolute atomic E-state index is 0.234. The van der Waals surface area contributed by atoms with Crippen LogP contribution in [-0.4, -0.2) is 37.1 Å². The Morgan fingerprint density at radius 1 is 1.27 bits per heavy atom. The number of hydrogen-bond donors (Lipinski definition) is 0. The molecule has 0 spiro atoms. The van der Waals surface area contributed by atoms with Crippen LogP contribution in [0.4, 0.5) is 0 Å². The fourth-order valence-electron chi connectivity index (χ4n) is 1.38. The van der Waals surface area contributed by atoms with E-state index in [0.717, 1.165) is 38.5 Å². The zero-order valence-corrected chi connectivity index (χ0v) is 6.53. The van der Waals surface area contributed by atoms with E-state index in [1.165, 1.54) is 0 Å². The highest BCUT2D eigenvalue weighted by molar-refractivity contribution is 5.54. The number of piperidine rings is 1. The van der Waals surface area contributed by atoms with Gasteiger partial charge in [-0.25, -0.2) is 0 Å².